The molecule has 0 unspecified atom stereocenters. The predicted molar refractivity (Wildman–Crippen MR) is 105 cm³/mol. The number of nitrogens with one attached hydrogen (secondary N) is 1. The van der Waals surface area contributed by atoms with Crippen LogP contribution in [0.3, 0.4) is 0 Å². The van der Waals surface area contributed by atoms with E-state index in [-0.39, 0.29) is 30.0 Å². The lowest BCUT2D eigenvalue weighted by Gasteiger charge is -2.37. The van der Waals surface area contributed by atoms with E-state index < -0.39 is 5.41 Å². The molecule has 1 N–H and O–H groups in total. The number of hydrogen-bond donors (Lipinski definition) is 1. The van der Waals surface area contributed by atoms with Crippen LogP contribution >= 0.6 is 0 Å². The van der Waals surface area contributed by atoms with Crippen molar-refractivity contribution in [1.29, 1.82) is 0 Å². The van der Waals surface area contributed by atoms with Crippen molar-refractivity contribution in [3.63, 3.8) is 0 Å². The molecule has 2 fully saturated rings. The van der Waals surface area contributed by atoms with E-state index in [4.69, 9.17) is 0 Å². The second kappa shape index (κ2) is 7.81. The van der Waals surface area contributed by atoms with Crippen LogP contribution in [0.25, 0.3) is 0 Å². The Morgan fingerprint density at radius 2 is 1.41 bits per heavy atom. The third-order valence-corrected chi connectivity index (χ3v) is 5.72. The van der Waals surface area contributed by atoms with Crippen molar-refractivity contribution in [2.75, 3.05) is 31.1 Å². The molecule has 152 valence electrons. The molecule has 1 aliphatic carbocycles. The highest BCUT2D eigenvalue weighted by Crippen LogP contribution is 2.47. The van der Waals surface area contributed by atoms with Gasteiger partial charge in [0.05, 0.1) is 0 Å². The molecule has 2 aromatic carbocycles. The van der Waals surface area contributed by atoms with Crippen LogP contribution in [0, 0.1) is 17.0 Å². The van der Waals surface area contributed by atoms with Crippen LogP contribution in [0.1, 0.15) is 18.4 Å². The van der Waals surface area contributed by atoms with Crippen LogP contribution < -0.4 is 10.2 Å². The lowest BCUT2D eigenvalue weighted by atomic mass is 10.0. The minimum Gasteiger partial charge on any atom is -0.368 e. The van der Waals surface area contributed by atoms with Gasteiger partial charge in [0, 0.05) is 38.4 Å². The van der Waals surface area contributed by atoms with E-state index in [1.165, 1.54) is 24.3 Å². The fraction of sp³-hybridized carbons (Fsp3) is 0.364. The van der Waals surface area contributed by atoms with Gasteiger partial charge in [0.2, 0.25) is 11.8 Å². The van der Waals surface area contributed by atoms with E-state index in [0.29, 0.717) is 39.0 Å². The largest absolute Gasteiger partial charge is 0.368 e. The lowest BCUT2D eigenvalue weighted by molar-refractivity contribution is -0.144. The fourth-order valence-corrected chi connectivity index (χ4v) is 3.74. The first-order chi connectivity index (χ1) is 14.0. The van der Waals surface area contributed by atoms with Crippen molar-refractivity contribution in [2.45, 2.75) is 19.4 Å². The molecular formula is C22H23F2N3O2. The van der Waals surface area contributed by atoms with E-state index in [9.17, 15) is 18.4 Å². The van der Waals surface area contributed by atoms with Gasteiger partial charge in [-0.3, -0.25) is 9.59 Å². The summed E-state index contributed by atoms with van der Waals surface area (Å²) in [6.45, 7) is 2.62. The van der Waals surface area contributed by atoms with Crippen LogP contribution in [-0.2, 0) is 16.1 Å². The standard InChI is InChI=1S/C22H23F2N3O2/c23-17-3-1-16(2-4-17)15-25-20(28)22(9-10-22)21(29)27-13-11-26(12-14-27)19-7-5-18(24)6-8-19/h1-8H,9-15H2,(H,25,28). The van der Waals surface area contributed by atoms with E-state index in [0.717, 1.165) is 11.3 Å². The number of hydrogen-bond acceptors (Lipinski definition) is 3. The number of benzene rings is 2. The smallest absolute Gasteiger partial charge is 0.238 e. The Bertz CT molecular complexity index is 887. The SMILES string of the molecule is O=C(NCc1ccc(F)cc1)C1(C(=O)N2CCN(c3ccc(F)cc3)CC2)CC1. The number of piperazine rings is 1. The van der Waals surface area contributed by atoms with Gasteiger partial charge in [-0.05, 0) is 54.8 Å². The highest BCUT2D eigenvalue weighted by molar-refractivity contribution is 6.07. The summed E-state index contributed by atoms with van der Waals surface area (Å²) >= 11 is 0. The quantitative estimate of drug-likeness (QED) is 0.787. The van der Waals surface area contributed by atoms with Gasteiger partial charge >= 0.3 is 0 Å². The number of rotatable bonds is 5. The van der Waals surface area contributed by atoms with Gasteiger partial charge < -0.3 is 15.1 Å². The minimum atomic E-state index is -0.960. The number of nitrogens with zero attached hydrogens (tertiary/aromatic N) is 2. The average Bonchev–Trinajstić information content (AvgIpc) is 3.55. The highest BCUT2D eigenvalue weighted by Gasteiger charge is 2.58. The molecule has 0 spiro atoms. The van der Waals surface area contributed by atoms with Crippen molar-refractivity contribution >= 4 is 17.5 Å². The maximum atomic E-state index is 13.1. The Labute approximate surface area is 168 Å². The molecule has 2 aromatic rings. The van der Waals surface area contributed by atoms with Crippen LogP contribution in [0.2, 0.25) is 0 Å². The summed E-state index contributed by atoms with van der Waals surface area (Å²) in [5.74, 6) is -0.973. The van der Waals surface area contributed by atoms with Gasteiger partial charge in [-0.25, -0.2) is 8.78 Å². The molecule has 0 bridgehead atoms. The number of carbonyl (C=O) groups is 2. The first-order valence-electron chi connectivity index (χ1n) is 9.81. The second-order valence-electron chi connectivity index (χ2n) is 7.65. The molecule has 0 radical (unpaired) electrons. The Morgan fingerprint density at radius 1 is 0.862 bits per heavy atom. The maximum absolute atomic E-state index is 13.1. The minimum absolute atomic E-state index is 0.118. The van der Waals surface area contributed by atoms with Gasteiger partial charge in [-0.2, -0.15) is 0 Å². The molecule has 7 heteroatoms. The molecule has 1 saturated heterocycles. The summed E-state index contributed by atoms with van der Waals surface area (Å²) in [7, 11) is 0. The average molecular weight is 399 g/mol. The molecule has 1 aliphatic heterocycles. The van der Waals surface area contributed by atoms with Crippen LogP contribution in [0.5, 0.6) is 0 Å². The first kappa shape index (κ1) is 19.4. The molecule has 2 amide bonds. The van der Waals surface area contributed by atoms with Gasteiger partial charge in [0.25, 0.3) is 0 Å². The molecule has 2 aliphatic rings. The number of halogens is 2. The van der Waals surface area contributed by atoms with E-state index in [1.807, 2.05) is 0 Å². The van der Waals surface area contributed by atoms with Gasteiger partial charge in [-0.1, -0.05) is 12.1 Å². The topological polar surface area (TPSA) is 52.7 Å². The summed E-state index contributed by atoms with van der Waals surface area (Å²) in [6, 6.07) is 12.3. The number of anilines is 1. The summed E-state index contributed by atoms with van der Waals surface area (Å²) in [6.07, 6.45) is 1.11. The first-order valence-corrected chi connectivity index (χ1v) is 9.81. The molecule has 0 atom stereocenters. The Balaban J connectivity index is 1.32. The summed E-state index contributed by atoms with van der Waals surface area (Å²) < 4.78 is 26.1. The zero-order chi connectivity index (χ0) is 20.4. The third-order valence-electron chi connectivity index (χ3n) is 5.72. The summed E-state index contributed by atoms with van der Waals surface area (Å²) in [4.78, 5) is 29.6. The van der Waals surface area contributed by atoms with Gasteiger partial charge in [0.1, 0.15) is 17.0 Å². The maximum Gasteiger partial charge on any atom is 0.238 e. The second-order valence-corrected chi connectivity index (χ2v) is 7.65. The van der Waals surface area contributed by atoms with Crippen LogP contribution in [-0.4, -0.2) is 42.9 Å². The monoisotopic (exact) mass is 399 g/mol. The highest BCUT2D eigenvalue weighted by atomic mass is 19.1. The van der Waals surface area contributed by atoms with Crippen molar-refractivity contribution in [2.24, 2.45) is 5.41 Å². The molecule has 4 rings (SSSR count). The van der Waals surface area contributed by atoms with Crippen molar-refractivity contribution in [1.82, 2.24) is 10.2 Å². The number of amides is 2. The third kappa shape index (κ3) is 4.09. The van der Waals surface area contributed by atoms with Crippen LogP contribution in [0.4, 0.5) is 14.5 Å². The Kier molecular flexibility index (Phi) is 5.22. The zero-order valence-corrected chi connectivity index (χ0v) is 16.0. The number of carbonyl (C=O) groups excluding carboxylic acids is 2. The normalized spacial score (nSPS) is 17.7. The molecule has 0 aromatic heterocycles. The predicted octanol–water partition coefficient (Wildman–Crippen LogP) is 2.71. The van der Waals surface area contributed by atoms with Crippen molar-refractivity contribution in [3.8, 4) is 0 Å². The lowest BCUT2D eigenvalue weighted by Crippen LogP contribution is -2.53. The van der Waals surface area contributed by atoms with E-state index >= 15 is 0 Å². The summed E-state index contributed by atoms with van der Waals surface area (Å²) in [5.41, 5.74) is 0.755. The molecule has 1 saturated carbocycles. The van der Waals surface area contributed by atoms with Crippen LogP contribution in [0.15, 0.2) is 48.5 Å². The molecular weight excluding hydrogens is 376 g/mol. The Morgan fingerprint density at radius 3 is 1.97 bits per heavy atom. The van der Waals surface area contributed by atoms with Crippen molar-refractivity contribution in [3.05, 3.63) is 65.7 Å². The van der Waals surface area contributed by atoms with E-state index in [1.54, 1.807) is 29.2 Å². The van der Waals surface area contributed by atoms with Crippen molar-refractivity contribution < 1.29 is 18.4 Å². The zero-order valence-electron chi connectivity index (χ0n) is 16.0. The van der Waals surface area contributed by atoms with Gasteiger partial charge in [0.15, 0.2) is 0 Å². The van der Waals surface area contributed by atoms with E-state index in [2.05, 4.69) is 10.2 Å². The summed E-state index contributed by atoms with van der Waals surface area (Å²) in [5, 5.41) is 2.83. The molecule has 5 nitrogen and oxygen atoms in total. The molecule has 29 heavy (non-hydrogen) atoms. The van der Waals surface area contributed by atoms with Gasteiger partial charge in [-0.15, -0.1) is 0 Å². The Hall–Kier alpha value is -2.96. The fourth-order valence-electron chi connectivity index (χ4n) is 3.74. The molecule has 1 heterocycles.